The molecule has 6 heterocycles. The lowest BCUT2D eigenvalue weighted by molar-refractivity contribution is -0.0573. The average Bonchev–Trinajstić information content (AvgIpc) is 3.39. The summed E-state index contributed by atoms with van der Waals surface area (Å²) in [6, 6.07) is -0.708. The van der Waals surface area contributed by atoms with Crippen molar-refractivity contribution < 1.29 is 47.3 Å². The van der Waals surface area contributed by atoms with Crippen LogP contribution in [0.1, 0.15) is 24.5 Å². The minimum absolute atomic E-state index is 0.00347. The summed E-state index contributed by atoms with van der Waals surface area (Å²) >= 11 is 4.27. The van der Waals surface area contributed by atoms with Crippen molar-refractivity contribution in [2.45, 2.75) is 50.0 Å². The number of nitrogens with one attached hydrogen (secondary N) is 1. The highest BCUT2D eigenvalue weighted by Gasteiger charge is 2.74. The van der Waals surface area contributed by atoms with Crippen molar-refractivity contribution in [2.75, 3.05) is 37.4 Å². The fourth-order valence-electron chi connectivity index (χ4n) is 7.47. The highest BCUT2D eigenvalue weighted by atomic mass is 32.1. The first kappa shape index (κ1) is 33.3. The van der Waals surface area contributed by atoms with E-state index in [9.17, 15) is 29.2 Å². The number of aryl methyl sites for hydroxylation is 1. The number of aromatic amines is 1. The van der Waals surface area contributed by atoms with Gasteiger partial charge in [-0.25, -0.2) is 24.9 Å². The number of hydrogen-bond donors (Lipinski definition) is 6. The van der Waals surface area contributed by atoms with Crippen LogP contribution in [-0.4, -0.2) is 110 Å². The van der Waals surface area contributed by atoms with Crippen LogP contribution in [0.3, 0.4) is 0 Å². The molecular weight excluding hydrogens is 708 g/mol. The van der Waals surface area contributed by atoms with Crippen LogP contribution in [-0.2, 0) is 32.0 Å². The molecule has 1 spiro atoms. The number of ether oxygens (including phenoxy) is 1. The number of H-pyrrole nitrogens is 1. The maximum absolute atomic E-state index is 14.2. The van der Waals surface area contributed by atoms with E-state index in [1.807, 2.05) is 0 Å². The third kappa shape index (κ3) is 5.21. The summed E-state index contributed by atoms with van der Waals surface area (Å²) in [7, 11) is -8.50. The first-order valence-corrected chi connectivity index (χ1v) is 19.4. The van der Waals surface area contributed by atoms with E-state index in [2.05, 4.69) is 42.5 Å². The normalized spacial score (nSPS) is 39.3. The van der Waals surface area contributed by atoms with Crippen LogP contribution in [0.2, 0.25) is 0 Å². The average molecular weight is 742 g/mol. The number of nitrogens with two attached hydrogens (primary N) is 1. The van der Waals surface area contributed by atoms with Gasteiger partial charge in [0.25, 0.3) is 5.56 Å². The maximum atomic E-state index is 14.2. The summed E-state index contributed by atoms with van der Waals surface area (Å²) < 4.78 is 61.8. The van der Waals surface area contributed by atoms with Crippen molar-refractivity contribution in [1.29, 1.82) is 0 Å². The molecule has 0 radical (unpaired) electrons. The van der Waals surface area contributed by atoms with E-state index in [4.69, 9.17) is 28.6 Å². The standard InChI is InChI=1S/C26H33N9O11P2S/c1-11-32-23-16(24(39)33-11)31-8-35(23)25-19-12(3-36)14(44-25)4-42-48(41,10-49)46-20-18(38)17(34-7-30-15-21(27)28-6-29-22(15)34)13-2-26(13,20)5-43-47(40,9-37)45-19/h6-8,12-14,17-20,25,36-38,49H,2-5,9-10H2,1H3,(H2,27,28,29)(H,32,33,39)/t12-,13-,14-,17-,18+,19-,20+,25-,26-,47-,48-/m1/s1. The van der Waals surface area contributed by atoms with Gasteiger partial charge in [-0.2, -0.15) is 12.6 Å². The fourth-order valence-corrected chi connectivity index (χ4v) is 10.5. The zero-order valence-corrected chi connectivity index (χ0v) is 28.4. The topological polar surface area (TPSA) is 274 Å². The number of fused-ring (bicyclic) bond motifs is 4. The monoisotopic (exact) mass is 741 g/mol. The number of anilines is 1. The van der Waals surface area contributed by atoms with Gasteiger partial charge in [0.05, 0.1) is 50.1 Å². The minimum Gasteiger partial charge on any atom is -0.396 e. The lowest BCUT2D eigenvalue weighted by Crippen LogP contribution is -2.38. The predicted molar refractivity (Wildman–Crippen MR) is 170 cm³/mol. The zero-order valence-electron chi connectivity index (χ0n) is 25.8. The van der Waals surface area contributed by atoms with E-state index in [0.29, 0.717) is 17.6 Å². The van der Waals surface area contributed by atoms with Crippen LogP contribution >= 0.6 is 27.8 Å². The number of nitrogen functional groups attached to an aromatic ring is 1. The van der Waals surface area contributed by atoms with Gasteiger partial charge in [-0.05, 0) is 19.3 Å². The Bertz CT molecular complexity index is 2100. The van der Waals surface area contributed by atoms with Gasteiger partial charge in [0.2, 0.25) is 0 Å². The lowest BCUT2D eigenvalue weighted by atomic mass is 9.99. The highest BCUT2D eigenvalue weighted by molar-refractivity contribution is 7.88. The van der Waals surface area contributed by atoms with Gasteiger partial charge in [0.15, 0.2) is 28.9 Å². The predicted octanol–water partition coefficient (Wildman–Crippen LogP) is 0.318. The van der Waals surface area contributed by atoms with Crippen molar-refractivity contribution >= 4 is 56.0 Å². The van der Waals surface area contributed by atoms with Gasteiger partial charge < -0.3 is 48.9 Å². The number of hydrogen-bond acceptors (Lipinski definition) is 18. The van der Waals surface area contributed by atoms with Crippen molar-refractivity contribution in [3.8, 4) is 0 Å². The lowest BCUT2D eigenvalue weighted by Gasteiger charge is -2.32. The van der Waals surface area contributed by atoms with E-state index in [-0.39, 0.29) is 40.8 Å². The van der Waals surface area contributed by atoms with E-state index < -0.39 is 88.3 Å². The fraction of sp³-hybridized carbons (Fsp3) is 0.615. The molecule has 8 rings (SSSR count). The number of aliphatic hydroxyl groups excluding tert-OH is 3. The van der Waals surface area contributed by atoms with Crippen LogP contribution in [0.5, 0.6) is 0 Å². The summed E-state index contributed by atoms with van der Waals surface area (Å²) in [4.78, 5) is 36.3. The first-order valence-electron chi connectivity index (χ1n) is 15.3. The van der Waals surface area contributed by atoms with E-state index in [1.54, 1.807) is 11.5 Å². The molecule has 0 amide bonds. The van der Waals surface area contributed by atoms with Gasteiger partial charge in [-0.1, -0.05) is 0 Å². The smallest absolute Gasteiger partial charge is 0.356 e. The van der Waals surface area contributed by atoms with Gasteiger partial charge in [-0.3, -0.25) is 23.0 Å². The molecule has 4 fully saturated rings. The first-order chi connectivity index (χ1) is 23.4. The number of aliphatic hydroxyl groups is 3. The molecule has 2 aliphatic carbocycles. The van der Waals surface area contributed by atoms with Gasteiger partial charge in [0.1, 0.15) is 42.3 Å². The molecule has 4 aromatic rings. The number of imidazole rings is 2. The summed E-state index contributed by atoms with van der Waals surface area (Å²) in [6.45, 7) is 0.249. The highest BCUT2D eigenvalue weighted by Crippen LogP contribution is 2.72. The van der Waals surface area contributed by atoms with Crippen molar-refractivity contribution in [1.82, 2.24) is 39.0 Å². The van der Waals surface area contributed by atoms with E-state index in [1.165, 1.54) is 23.5 Å². The van der Waals surface area contributed by atoms with Gasteiger partial charge >= 0.3 is 15.2 Å². The van der Waals surface area contributed by atoms with Crippen molar-refractivity contribution in [3.63, 3.8) is 0 Å². The number of rotatable bonds is 5. The third-order valence-electron chi connectivity index (χ3n) is 9.92. The quantitative estimate of drug-likeness (QED) is 0.119. The Morgan fingerprint density at radius 3 is 2.61 bits per heavy atom. The molecule has 6 N–H and O–H groups in total. The molecule has 2 saturated heterocycles. The minimum atomic E-state index is -4.40. The van der Waals surface area contributed by atoms with Crippen LogP contribution < -0.4 is 11.3 Å². The zero-order chi connectivity index (χ0) is 34.5. The Morgan fingerprint density at radius 2 is 1.86 bits per heavy atom. The molecular formula is C26H33N9O11P2S. The molecule has 2 aliphatic heterocycles. The third-order valence-corrected chi connectivity index (χ3v) is 13.8. The number of aromatic nitrogens is 8. The Labute approximate surface area is 281 Å². The molecule has 0 aromatic carbocycles. The second-order valence-corrected chi connectivity index (χ2v) is 17.5. The van der Waals surface area contributed by atoms with E-state index in [0.717, 1.165) is 0 Å². The Balaban J connectivity index is 1.18. The molecule has 11 atom stereocenters. The van der Waals surface area contributed by atoms with Crippen molar-refractivity contribution in [2.24, 2.45) is 17.3 Å². The second kappa shape index (κ2) is 11.9. The van der Waals surface area contributed by atoms with Crippen LogP contribution in [0.25, 0.3) is 22.3 Å². The van der Waals surface area contributed by atoms with Crippen molar-refractivity contribution in [3.05, 3.63) is 35.2 Å². The summed E-state index contributed by atoms with van der Waals surface area (Å²) in [5, 5.41) is 32.7. The summed E-state index contributed by atoms with van der Waals surface area (Å²) in [5.74, 6) is -0.908. The Hall–Kier alpha value is -2.81. The molecule has 20 nitrogen and oxygen atoms in total. The van der Waals surface area contributed by atoms with Gasteiger partial charge in [0, 0.05) is 11.3 Å². The van der Waals surface area contributed by atoms with Crippen LogP contribution in [0.4, 0.5) is 5.82 Å². The Kier molecular flexibility index (Phi) is 8.08. The number of thiol groups is 1. The number of nitrogens with zero attached hydrogens (tertiary/aromatic N) is 7. The van der Waals surface area contributed by atoms with Gasteiger partial charge in [-0.15, -0.1) is 0 Å². The SMILES string of the molecule is Cc1nc2c(ncn2[C@@H]2O[C@@H]3CO[P@](=O)(CS)O[C@H]4[C@@H](O)[C@H](n5cnc6c(N)ncnc65)[C@H]5C[C@@]54CO[P@](=O)(CO)O[C@@H]2[C@@H]3CO)c(=O)[nH]1. The molecule has 23 heteroatoms. The Morgan fingerprint density at radius 1 is 1.08 bits per heavy atom. The molecule has 2 saturated carbocycles. The summed E-state index contributed by atoms with van der Waals surface area (Å²) in [6.07, 6.45) is -2.63. The maximum Gasteiger partial charge on any atom is 0.356 e. The van der Waals surface area contributed by atoms with Crippen LogP contribution in [0.15, 0.2) is 23.8 Å². The molecule has 49 heavy (non-hydrogen) atoms. The largest absolute Gasteiger partial charge is 0.396 e. The molecule has 0 unspecified atom stereocenters. The second-order valence-electron chi connectivity index (χ2n) is 12.7. The molecule has 4 aliphatic rings. The van der Waals surface area contributed by atoms with Crippen LogP contribution in [0, 0.1) is 24.2 Å². The molecule has 4 aromatic heterocycles. The molecule has 2 bridgehead atoms. The summed E-state index contributed by atoms with van der Waals surface area (Å²) in [5.41, 5.74) is 4.86. The molecule has 264 valence electrons. The van der Waals surface area contributed by atoms with E-state index >= 15 is 0 Å².